The van der Waals surface area contributed by atoms with Crippen LogP contribution in [0.2, 0.25) is 0 Å². The SMILES string of the molecule is Br.COC(=O)CC[C@H]1CC[C@H](NC(=O)c2cnc(C3CCNCC3)s2)CC1. The molecule has 3 rings (SSSR count). The van der Waals surface area contributed by atoms with E-state index in [4.69, 9.17) is 4.74 Å². The number of aromatic nitrogens is 1. The smallest absolute Gasteiger partial charge is 0.305 e. The highest BCUT2D eigenvalue weighted by molar-refractivity contribution is 8.93. The first-order chi connectivity index (χ1) is 12.7. The number of carbonyl (C=O) groups is 2. The molecule has 1 amide bonds. The summed E-state index contributed by atoms with van der Waals surface area (Å²) in [4.78, 5) is 29.0. The van der Waals surface area contributed by atoms with E-state index in [1.54, 1.807) is 17.5 Å². The molecule has 2 heterocycles. The van der Waals surface area contributed by atoms with Gasteiger partial charge in [0.25, 0.3) is 5.91 Å². The van der Waals surface area contributed by atoms with Crippen LogP contribution < -0.4 is 10.6 Å². The van der Waals surface area contributed by atoms with Gasteiger partial charge in [-0.05, 0) is 64.0 Å². The van der Waals surface area contributed by atoms with Gasteiger partial charge in [-0.25, -0.2) is 4.98 Å². The Labute approximate surface area is 175 Å². The maximum absolute atomic E-state index is 12.5. The van der Waals surface area contributed by atoms with E-state index >= 15 is 0 Å². The van der Waals surface area contributed by atoms with E-state index in [1.165, 1.54) is 7.11 Å². The van der Waals surface area contributed by atoms with Crippen LogP contribution in [0.5, 0.6) is 0 Å². The number of piperidine rings is 1. The largest absolute Gasteiger partial charge is 0.469 e. The predicted molar refractivity (Wildman–Crippen MR) is 112 cm³/mol. The molecule has 0 atom stereocenters. The van der Waals surface area contributed by atoms with Crippen molar-refractivity contribution in [2.45, 2.75) is 63.3 Å². The summed E-state index contributed by atoms with van der Waals surface area (Å²) >= 11 is 1.55. The van der Waals surface area contributed by atoms with Crippen LogP contribution in [0.3, 0.4) is 0 Å². The average Bonchev–Trinajstić information content (AvgIpc) is 3.18. The molecule has 0 radical (unpaired) electrons. The second-order valence-electron chi connectivity index (χ2n) is 7.39. The van der Waals surface area contributed by atoms with Gasteiger partial charge in [-0.2, -0.15) is 0 Å². The maximum Gasteiger partial charge on any atom is 0.305 e. The van der Waals surface area contributed by atoms with Gasteiger partial charge in [-0.1, -0.05) is 0 Å². The van der Waals surface area contributed by atoms with Crippen molar-refractivity contribution < 1.29 is 14.3 Å². The van der Waals surface area contributed by atoms with Crippen LogP contribution in [0, 0.1) is 5.92 Å². The van der Waals surface area contributed by atoms with Crippen LogP contribution in [0.15, 0.2) is 6.20 Å². The van der Waals surface area contributed by atoms with Gasteiger partial charge in [0.2, 0.25) is 0 Å². The topological polar surface area (TPSA) is 80.3 Å². The Kier molecular flexibility index (Phi) is 9.18. The monoisotopic (exact) mass is 459 g/mol. The number of halogens is 1. The van der Waals surface area contributed by atoms with Gasteiger partial charge in [-0.3, -0.25) is 9.59 Å². The minimum Gasteiger partial charge on any atom is -0.469 e. The highest BCUT2D eigenvalue weighted by Crippen LogP contribution is 2.30. The summed E-state index contributed by atoms with van der Waals surface area (Å²) in [6.07, 6.45) is 9.42. The van der Waals surface area contributed by atoms with E-state index in [-0.39, 0.29) is 34.9 Å². The molecule has 1 aromatic heterocycles. The molecule has 0 spiro atoms. The maximum atomic E-state index is 12.5. The second-order valence-corrected chi connectivity index (χ2v) is 8.46. The molecule has 8 heteroatoms. The zero-order valence-corrected chi connectivity index (χ0v) is 18.4. The zero-order chi connectivity index (χ0) is 18.4. The molecule has 1 aliphatic heterocycles. The lowest BCUT2D eigenvalue weighted by Gasteiger charge is -2.28. The summed E-state index contributed by atoms with van der Waals surface area (Å²) in [7, 11) is 1.44. The molecular formula is C19H30BrN3O3S. The standard InChI is InChI=1S/C19H29N3O3S.BrH/c1-25-17(23)7-4-13-2-5-15(6-3-13)22-18(24)16-12-21-19(26-16)14-8-10-20-11-9-14;/h12-15,20H,2-11H2,1H3,(H,22,24);1H/t13-,15-;. The number of rotatable bonds is 6. The first-order valence-electron chi connectivity index (χ1n) is 9.70. The number of esters is 1. The fraction of sp³-hybridized carbons (Fsp3) is 0.737. The summed E-state index contributed by atoms with van der Waals surface area (Å²) < 4.78 is 4.71. The van der Waals surface area contributed by atoms with Gasteiger partial charge in [-0.15, -0.1) is 28.3 Å². The van der Waals surface area contributed by atoms with Crippen LogP contribution in [-0.2, 0) is 9.53 Å². The minimum absolute atomic E-state index is 0. The third kappa shape index (κ3) is 6.54. The number of nitrogens with zero attached hydrogens (tertiary/aromatic N) is 1. The lowest BCUT2D eigenvalue weighted by molar-refractivity contribution is -0.141. The van der Waals surface area contributed by atoms with Gasteiger partial charge in [0, 0.05) is 18.4 Å². The molecule has 152 valence electrons. The Hall–Kier alpha value is -0.990. The first-order valence-corrected chi connectivity index (χ1v) is 10.5. The number of ether oxygens (including phenoxy) is 1. The molecule has 1 aromatic rings. The molecule has 2 aliphatic rings. The lowest BCUT2D eigenvalue weighted by Crippen LogP contribution is -2.37. The highest BCUT2D eigenvalue weighted by Gasteiger charge is 2.25. The molecule has 1 saturated heterocycles. The van der Waals surface area contributed by atoms with E-state index in [2.05, 4.69) is 15.6 Å². The summed E-state index contributed by atoms with van der Waals surface area (Å²) in [5.41, 5.74) is 0. The van der Waals surface area contributed by atoms with Gasteiger partial charge < -0.3 is 15.4 Å². The Morgan fingerprint density at radius 1 is 1.22 bits per heavy atom. The predicted octanol–water partition coefficient (Wildman–Crippen LogP) is 3.43. The summed E-state index contributed by atoms with van der Waals surface area (Å²) in [5, 5.41) is 7.64. The van der Waals surface area contributed by atoms with E-state index in [0.29, 0.717) is 18.3 Å². The number of carbonyl (C=O) groups excluding carboxylic acids is 2. The third-order valence-electron chi connectivity index (χ3n) is 5.60. The van der Waals surface area contributed by atoms with Crippen LogP contribution >= 0.6 is 28.3 Å². The third-order valence-corrected chi connectivity index (χ3v) is 6.76. The van der Waals surface area contributed by atoms with E-state index in [0.717, 1.165) is 67.9 Å². The van der Waals surface area contributed by atoms with Crippen molar-refractivity contribution in [1.29, 1.82) is 0 Å². The number of thiazole rings is 1. The van der Waals surface area contributed by atoms with Crippen molar-refractivity contribution in [2.75, 3.05) is 20.2 Å². The molecule has 27 heavy (non-hydrogen) atoms. The van der Waals surface area contributed by atoms with Crippen LogP contribution in [0.4, 0.5) is 0 Å². The van der Waals surface area contributed by atoms with E-state index in [1.807, 2.05) is 0 Å². The molecule has 2 fully saturated rings. The Balaban J connectivity index is 0.00000261. The van der Waals surface area contributed by atoms with Crippen molar-refractivity contribution in [3.8, 4) is 0 Å². The number of amides is 1. The van der Waals surface area contributed by atoms with E-state index < -0.39 is 0 Å². The van der Waals surface area contributed by atoms with Gasteiger partial charge >= 0.3 is 5.97 Å². The van der Waals surface area contributed by atoms with Crippen LogP contribution in [-0.4, -0.2) is 43.1 Å². The Morgan fingerprint density at radius 3 is 2.59 bits per heavy atom. The summed E-state index contributed by atoms with van der Waals surface area (Å²) in [6.45, 7) is 2.07. The lowest BCUT2D eigenvalue weighted by atomic mass is 9.83. The van der Waals surface area contributed by atoms with Crippen molar-refractivity contribution in [2.24, 2.45) is 5.92 Å². The molecule has 1 saturated carbocycles. The van der Waals surface area contributed by atoms with Crippen molar-refractivity contribution in [3.63, 3.8) is 0 Å². The molecular weight excluding hydrogens is 430 g/mol. The molecule has 1 aliphatic carbocycles. The normalized spacial score (nSPS) is 23.3. The molecule has 6 nitrogen and oxygen atoms in total. The quantitative estimate of drug-likeness (QED) is 0.636. The average molecular weight is 460 g/mol. The van der Waals surface area contributed by atoms with Crippen molar-refractivity contribution in [1.82, 2.24) is 15.6 Å². The fourth-order valence-corrected chi connectivity index (χ4v) is 4.92. The van der Waals surface area contributed by atoms with Crippen LogP contribution in [0.1, 0.15) is 72.0 Å². The number of nitrogens with one attached hydrogen (secondary N) is 2. The Morgan fingerprint density at radius 2 is 1.93 bits per heavy atom. The van der Waals surface area contributed by atoms with Crippen LogP contribution in [0.25, 0.3) is 0 Å². The number of methoxy groups -OCH3 is 1. The summed E-state index contributed by atoms with van der Waals surface area (Å²) in [6, 6.07) is 0.237. The zero-order valence-electron chi connectivity index (χ0n) is 15.9. The highest BCUT2D eigenvalue weighted by atomic mass is 79.9. The van der Waals surface area contributed by atoms with Gasteiger partial charge in [0.05, 0.1) is 18.3 Å². The fourth-order valence-electron chi connectivity index (χ4n) is 3.93. The molecule has 0 bridgehead atoms. The van der Waals surface area contributed by atoms with Crippen molar-refractivity contribution in [3.05, 3.63) is 16.1 Å². The van der Waals surface area contributed by atoms with Gasteiger partial charge in [0.15, 0.2) is 0 Å². The molecule has 0 aromatic carbocycles. The van der Waals surface area contributed by atoms with Crippen molar-refractivity contribution >= 4 is 40.2 Å². The van der Waals surface area contributed by atoms with Gasteiger partial charge in [0.1, 0.15) is 4.88 Å². The molecule has 2 N–H and O–H groups in total. The number of hydrogen-bond acceptors (Lipinski definition) is 6. The number of hydrogen-bond donors (Lipinski definition) is 2. The van der Waals surface area contributed by atoms with E-state index in [9.17, 15) is 9.59 Å². The second kappa shape index (κ2) is 11.1. The summed E-state index contributed by atoms with van der Waals surface area (Å²) in [5.74, 6) is 0.945. The first kappa shape index (κ1) is 22.3. The Bertz CT molecular complexity index is 611. The molecule has 0 unspecified atom stereocenters. The minimum atomic E-state index is -0.129.